The fraction of sp³-hybridized carbons (Fsp3) is 0.391. The first-order valence-corrected chi connectivity index (χ1v) is 11.2. The molecule has 9 nitrogen and oxygen atoms in total. The predicted octanol–water partition coefficient (Wildman–Crippen LogP) is 3.43. The van der Waals surface area contributed by atoms with Crippen LogP contribution >= 0.6 is 0 Å². The first-order valence-electron chi connectivity index (χ1n) is 11.2. The monoisotopic (exact) mass is 466 g/mol. The van der Waals surface area contributed by atoms with Crippen LogP contribution in [0.15, 0.2) is 30.6 Å². The Morgan fingerprint density at radius 3 is 2.41 bits per heavy atom. The van der Waals surface area contributed by atoms with Gasteiger partial charge in [-0.2, -0.15) is 4.98 Å². The maximum atomic E-state index is 14.4. The Morgan fingerprint density at radius 1 is 0.971 bits per heavy atom. The first-order chi connectivity index (χ1) is 16.5. The van der Waals surface area contributed by atoms with Gasteiger partial charge in [0, 0.05) is 30.9 Å². The molecule has 0 bridgehead atoms. The van der Waals surface area contributed by atoms with Crippen LogP contribution in [0.1, 0.15) is 30.3 Å². The highest BCUT2D eigenvalue weighted by molar-refractivity contribution is 5.88. The Morgan fingerprint density at radius 2 is 1.74 bits per heavy atom. The van der Waals surface area contributed by atoms with Gasteiger partial charge in [-0.1, -0.05) is 5.21 Å². The molecule has 0 spiro atoms. The van der Waals surface area contributed by atoms with E-state index in [9.17, 15) is 8.78 Å². The molecule has 4 heterocycles. The SMILES string of the molecule is Cc1nc2nc(N3CCOCC3)nc(-c3ccc(F)cc3F)c2nc1C.c1cn(C2CC2)nn1. The van der Waals surface area contributed by atoms with E-state index in [0.29, 0.717) is 60.8 Å². The number of hydrogen-bond acceptors (Lipinski definition) is 8. The van der Waals surface area contributed by atoms with Crippen molar-refractivity contribution in [1.82, 2.24) is 34.9 Å². The Bertz CT molecular complexity index is 1300. The third kappa shape index (κ3) is 4.69. The zero-order valence-electron chi connectivity index (χ0n) is 18.9. The molecule has 4 aromatic rings. The Balaban J connectivity index is 0.000000252. The number of benzene rings is 1. The number of nitrogens with zero attached hydrogens (tertiary/aromatic N) is 8. The molecule has 1 aromatic carbocycles. The number of aromatic nitrogens is 7. The van der Waals surface area contributed by atoms with Crippen molar-refractivity contribution in [3.63, 3.8) is 0 Å². The van der Waals surface area contributed by atoms with Gasteiger partial charge in [-0.15, -0.1) is 5.10 Å². The van der Waals surface area contributed by atoms with Crippen LogP contribution in [-0.4, -0.2) is 61.2 Å². The molecule has 3 aromatic heterocycles. The van der Waals surface area contributed by atoms with Crippen LogP contribution in [-0.2, 0) is 4.74 Å². The summed E-state index contributed by atoms with van der Waals surface area (Å²) >= 11 is 0. The number of rotatable bonds is 3. The van der Waals surface area contributed by atoms with E-state index in [0.717, 1.165) is 11.8 Å². The zero-order valence-corrected chi connectivity index (χ0v) is 18.9. The summed E-state index contributed by atoms with van der Waals surface area (Å²) in [7, 11) is 0. The van der Waals surface area contributed by atoms with Crippen molar-refractivity contribution in [1.29, 1.82) is 0 Å². The third-order valence-electron chi connectivity index (χ3n) is 5.77. The molecule has 176 valence electrons. The van der Waals surface area contributed by atoms with Gasteiger partial charge in [-0.25, -0.2) is 28.4 Å². The minimum atomic E-state index is -0.696. The van der Waals surface area contributed by atoms with Gasteiger partial charge in [0.2, 0.25) is 5.95 Å². The number of aryl methyl sites for hydroxylation is 2. The number of hydrogen-bond donors (Lipinski definition) is 0. The molecule has 1 saturated carbocycles. The van der Waals surface area contributed by atoms with E-state index in [1.54, 1.807) is 6.20 Å². The maximum Gasteiger partial charge on any atom is 0.228 e. The van der Waals surface area contributed by atoms with E-state index >= 15 is 0 Å². The lowest BCUT2D eigenvalue weighted by atomic mass is 10.1. The summed E-state index contributed by atoms with van der Waals surface area (Å²) in [6, 6.07) is 4.09. The molecule has 0 radical (unpaired) electrons. The van der Waals surface area contributed by atoms with Crippen LogP contribution in [0.5, 0.6) is 0 Å². The second-order valence-corrected chi connectivity index (χ2v) is 8.28. The Hall–Kier alpha value is -3.60. The molecule has 1 saturated heterocycles. The summed E-state index contributed by atoms with van der Waals surface area (Å²) in [5, 5.41) is 7.54. The predicted molar refractivity (Wildman–Crippen MR) is 121 cm³/mol. The molecule has 0 amide bonds. The van der Waals surface area contributed by atoms with Crippen LogP contribution < -0.4 is 4.90 Å². The van der Waals surface area contributed by atoms with Gasteiger partial charge in [0.05, 0.1) is 36.8 Å². The van der Waals surface area contributed by atoms with Crippen molar-refractivity contribution in [2.24, 2.45) is 0 Å². The largest absolute Gasteiger partial charge is 0.378 e. The van der Waals surface area contributed by atoms with Crippen LogP contribution in [0.25, 0.3) is 22.4 Å². The maximum absolute atomic E-state index is 14.4. The van der Waals surface area contributed by atoms with Crippen LogP contribution in [0.3, 0.4) is 0 Å². The summed E-state index contributed by atoms with van der Waals surface area (Å²) in [6.07, 6.45) is 6.20. The molecule has 1 aliphatic heterocycles. The van der Waals surface area contributed by atoms with Gasteiger partial charge >= 0.3 is 0 Å². The Labute approximate surface area is 194 Å². The van der Waals surface area contributed by atoms with E-state index < -0.39 is 11.6 Å². The standard InChI is InChI=1S/C18H17F2N5O.C5H7N3/c1-10-11(2)22-17-16(21-10)15(13-4-3-12(19)9-14(13)20)23-18(24-17)25-5-7-26-8-6-25;1-2-5(1)8-4-3-6-7-8/h3-4,9H,5-8H2,1-2H3;3-5H,1-2H2. The van der Waals surface area contributed by atoms with Crippen molar-refractivity contribution < 1.29 is 13.5 Å². The number of halogens is 2. The fourth-order valence-electron chi connectivity index (χ4n) is 3.63. The van der Waals surface area contributed by atoms with E-state index in [1.807, 2.05) is 29.6 Å². The lowest BCUT2D eigenvalue weighted by molar-refractivity contribution is 0.122. The smallest absolute Gasteiger partial charge is 0.228 e. The van der Waals surface area contributed by atoms with Crippen molar-refractivity contribution in [2.45, 2.75) is 32.7 Å². The highest BCUT2D eigenvalue weighted by atomic mass is 19.1. The number of ether oxygens (including phenoxy) is 1. The van der Waals surface area contributed by atoms with Crippen LogP contribution in [0.2, 0.25) is 0 Å². The van der Waals surface area contributed by atoms with E-state index in [2.05, 4.69) is 30.2 Å². The second-order valence-electron chi connectivity index (χ2n) is 8.28. The van der Waals surface area contributed by atoms with Gasteiger partial charge in [-0.05, 0) is 38.8 Å². The highest BCUT2D eigenvalue weighted by Crippen LogP contribution is 2.33. The summed E-state index contributed by atoms with van der Waals surface area (Å²) in [4.78, 5) is 20.0. The zero-order chi connectivity index (χ0) is 23.7. The normalized spacial score (nSPS) is 15.8. The number of fused-ring (bicyclic) bond motifs is 1. The quantitative estimate of drug-likeness (QED) is 0.453. The van der Waals surface area contributed by atoms with Crippen molar-refractivity contribution in [3.8, 4) is 11.3 Å². The molecule has 34 heavy (non-hydrogen) atoms. The van der Waals surface area contributed by atoms with Crippen molar-refractivity contribution in [3.05, 3.63) is 53.6 Å². The van der Waals surface area contributed by atoms with E-state index in [1.165, 1.54) is 25.0 Å². The second kappa shape index (κ2) is 9.34. The lowest BCUT2D eigenvalue weighted by Crippen LogP contribution is -2.37. The molecular weight excluding hydrogens is 442 g/mol. The average Bonchev–Trinajstić information content (AvgIpc) is 3.54. The van der Waals surface area contributed by atoms with E-state index in [4.69, 9.17) is 4.74 Å². The average molecular weight is 466 g/mol. The molecule has 0 N–H and O–H groups in total. The lowest BCUT2D eigenvalue weighted by Gasteiger charge is -2.27. The summed E-state index contributed by atoms with van der Waals surface area (Å²) in [5.74, 6) is -0.897. The minimum absolute atomic E-state index is 0.172. The van der Waals surface area contributed by atoms with Crippen molar-refractivity contribution in [2.75, 3.05) is 31.2 Å². The third-order valence-corrected chi connectivity index (χ3v) is 5.77. The topological polar surface area (TPSA) is 94.7 Å². The van der Waals surface area contributed by atoms with Gasteiger partial charge in [0.1, 0.15) is 22.8 Å². The molecule has 2 aliphatic rings. The number of anilines is 1. The van der Waals surface area contributed by atoms with Crippen LogP contribution in [0.4, 0.5) is 14.7 Å². The summed E-state index contributed by atoms with van der Waals surface area (Å²) in [6.45, 7) is 6.07. The molecule has 1 aliphatic carbocycles. The molecule has 6 rings (SSSR count). The van der Waals surface area contributed by atoms with Crippen molar-refractivity contribution >= 4 is 17.1 Å². The molecular formula is C23H24F2N8O. The first kappa shape index (κ1) is 22.2. The summed E-state index contributed by atoms with van der Waals surface area (Å²) in [5.41, 5.74) is 2.73. The molecule has 0 unspecified atom stereocenters. The molecule has 11 heteroatoms. The fourth-order valence-corrected chi connectivity index (χ4v) is 3.63. The summed E-state index contributed by atoms with van der Waals surface area (Å²) < 4.78 is 35.1. The number of morpholine rings is 1. The Kier molecular flexibility index (Phi) is 6.10. The van der Waals surface area contributed by atoms with Gasteiger partial charge in [-0.3, -0.25) is 0 Å². The molecule has 2 fully saturated rings. The minimum Gasteiger partial charge on any atom is -0.378 e. The van der Waals surface area contributed by atoms with Crippen LogP contribution in [0, 0.1) is 25.5 Å². The van der Waals surface area contributed by atoms with Gasteiger partial charge in [0.25, 0.3) is 0 Å². The van der Waals surface area contributed by atoms with Gasteiger partial charge in [0.15, 0.2) is 5.65 Å². The molecule has 0 atom stereocenters. The highest BCUT2D eigenvalue weighted by Gasteiger charge is 2.23. The van der Waals surface area contributed by atoms with Gasteiger partial charge < -0.3 is 9.64 Å². The van der Waals surface area contributed by atoms with E-state index in [-0.39, 0.29) is 5.56 Å².